The van der Waals surface area contributed by atoms with Gasteiger partial charge in [0, 0.05) is 11.3 Å². The molecule has 0 aliphatic heterocycles. The average Bonchev–Trinajstić information content (AvgIpc) is 2.72. The number of aliphatic carboxylic acids is 1. The van der Waals surface area contributed by atoms with E-state index in [1.165, 1.54) is 17.7 Å². The summed E-state index contributed by atoms with van der Waals surface area (Å²) in [7, 11) is 0. The lowest BCUT2D eigenvalue weighted by Gasteiger charge is -2.05. The number of carbonyl (C=O) groups is 2. The SMILES string of the molecule is Cc1ccc(OCCCON=C(N)N)cc1.O=C(O)CNSc1cccc(C(=O)O)c1. The van der Waals surface area contributed by atoms with Gasteiger partial charge in [0.2, 0.25) is 5.96 Å². The van der Waals surface area contributed by atoms with Crippen molar-refractivity contribution >= 4 is 29.8 Å². The molecule has 2 aromatic rings. The van der Waals surface area contributed by atoms with Crippen molar-refractivity contribution in [2.24, 2.45) is 16.6 Å². The van der Waals surface area contributed by atoms with Gasteiger partial charge < -0.3 is 31.3 Å². The second-order valence-electron chi connectivity index (χ2n) is 6.01. The van der Waals surface area contributed by atoms with Crippen molar-refractivity contribution in [3.8, 4) is 5.75 Å². The zero-order valence-electron chi connectivity index (χ0n) is 17.0. The van der Waals surface area contributed by atoms with Crippen LogP contribution in [0.15, 0.2) is 58.6 Å². The Morgan fingerprint density at radius 2 is 1.81 bits per heavy atom. The summed E-state index contributed by atoms with van der Waals surface area (Å²) >= 11 is 1.09. The van der Waals surface area contributed by atoms with E-state index in [2.05, 4.69) is 9.88 Å². The molecule has 0 saturated heterocycles. The average molecular weight is 451 g/mol. The van der Waals surface area contributed by atoms with Gasteiger partial charge in [0.05, 0.1) is 12.2 Å². The molecule has 0 amide bonds. The van der Waals surface area contributed by atoms with E-state index in [-0.39, 0.29) is 18.1 Å². The minimum atomic E-state index is -1.00. The standard InChI is InChI=1S/C11H17N3O2.C9H9NO4S/c1-9-3-5-10(6-4-9)15-7-2-8-16-14-11(12)13;11-8(12)5-10-15-7-3-1-2-6(4-7)9(13)14/h3-6H,2,7-8H2,1H3,(H4,12,13,14);1-4,10H,5H2,(H,11,12)(H,13,14). The van der Waals surface area contributed by atoms with Crippen LogP contribution in [0.4, 0.5) is 0 Å². The van der Waals surface area contributed by atoms with Crippen molar-refractivity contribution in [2.45, 2.75) is 18.2 Å². The minimum Gasteiger partial charge on any atom is -0.493 e. The molecule has 0 aliphatic carbocycles. The summed E-state index contributed by atoms with van der Waals surface area (Å²) in [5, 5.41) is 20.5. The Morgan fingerprint density at radius 3 is 2.42 bits per heavy atom. The molecule has 0 unspecified atom stereocenters. The molecule has 0 fully saturated rings. The first-order chi connectivity index (χ1) is 14.8. The number of ether oxygens (including phenoxy) is 1. The van der Waals surface area contributed by atoms with Crippen molar-refractivity contribution in [1.82, 2.24) is 4.72 Å². The lowest BCUT2D eigenvalue weighted by Crippen LogP contribution is -2.23. The van der Waals surface area contributed by atoms with Crippen LogP contribution in [0.5, 0.6) is 5.75 Å². The number of aryl methyl sites for hydroxylation is 1. The van der Waals surface area contributed by atoms with E-state index in [1.807, 2.05) is 31.2 Å². The van der Waals surface area contributed by atoms with Gasteiger partial charge in [0.1, 0.15) is 18.9 Å². The smallest absolute Gasteiger partial charge is 0.335 e. The lowest BCUT2D eigenvalue weighted by molar-refractivity contribution is -0.135. The third-order valence-corrected chi connectivity index (χ3v) is 4.11. The number of hydrogen-bond donors (Lipinski definition) is 5. The Hall–Kier alpha value is -3.44. The van der Waals surface area contributed by atoms with Crippen molar-refractivity contribution in [2.75, 3.05) is 19.8 Å². The molecule has 168 valence electrons. The number of nitrogens with one attached hydrogen (secondary N) is 1. The van der Waals surface area contributed by atoms with Crippen LogP contribution in [0.2, 0.25) is 0 Å². The summed E-state index contributed by atoms with van der Waals surface area (Å²) in [5.74, 6) is -1.18. The van der Waals surface area contributed by atoms with Gasteiger partial charge in [-0.3, -0.25) is 4.79 Å². The predicted octanol–water partition coefficient (Wildman–Crippen LogP) is 2.04. The van der Waals surface area contributed by atoms with Crippen LogP contribution in [0.3, 0.4) is 0 Å². The number of oxime groups is 1. The van der Waals surface area contributed by atoms with Crippen LogP contribution >= 0.6 is 11.9 Å². The van der Waals surface area contributed by atoms with Gasteiger partial charge in [-0.25, -0.2) is 9.52 Å². The second kappa shape index (κ2) is 14.5. The Kier molecular flexibility index (Phi) is 12.0. The monoisotopic (exact) mass is 450 g/mol. The number of rotatable bonds is 11. The summed E-state index contributed by atoms with van der Waals surface area (Å²) in [6.45, 7) is 2.86. The number of carboxylic acids is 2. The largest absolute Gasteiger partial charge is 0.493 e. The highest BCUT2D eigenvalue weighted by molar-refractivity contribution is 7.97. The maximum Gasteiger partial charge on any atom is 0.335 e. The maximum atomic E-state index is 10.6. The van der Waals surface area contributed by atoms with Crippen molar-refractivity contribution in [1.29, 1.82) is 0 Å². The molecule has 2 aromatic carbocycles. The number of hydrogen-bond acceptors (Lipinski definition) is 7. The van der Waals surface area contributed by atoms with Gasteiger partial charge in [0.25, 0.3) is 0 Å². The first-order valence-corrected chi connectivity index (χ1v) is 9.95. The third-order valence-electron chi connectivity index (χ3n) is 3.33. The predicted molar refractivity (Wildman–Crippen MR) is 118 cm³/mol. The molecule has 31 heavy (non-hydrogen) atoms. The van der Waals surface area contributed by atoms with Gasteiger partial charge in [-0.05, 0) is 54.4 Å². The summed E-state index contributed by atoms with van der Waals surface area (Å²) in [6.07, 6.45) is 0.727. The van der Waals surface area contributed by atoms with Crippen LogP contribution < -0.4 is 20.9 Å². The van der Waals surface area contributed by atoms with E-state index in [4.69, 9.17) is 31.3 Å². The summed E-state index contributed by atoms with van der Waals surface area (Å²) in [4.78, 5) is 26.3. The van der Waals surface area contributed by atoms with Gasteiger partial charge in [-0.15, -0.1) is 0 Å². The second-order valence-corrected chi connectivity index (χ2v) is 6.98. The van der Waals surface area contributed by atoms with Crippen LogP contribution in [-0.2, 0) is 9.63 Å². The van der Waals surface area contributed by atoms with Gasteiger partial charge in [-0.2, -0.15) is 0 Å². The molecular formula is C20H26N4O6S. The fourth-order valence-electron chi connectivity index (χ4n) is 1.94. The molecule has 0 aromatic heterocycles. The molecule has 0 bridgehead atoms. The summed E-state index contributed by atoms with van der Waals surface area (Å²) < 4.78 is 8.07. The lowest BCUT2D eigenvalue weighted by atomic mass is 10.2. The Balaban J connectivity index is 0.000000311. The molecule has 2 rings (SSSR count). The number of aromatic carboxylic acids is 1. The highest BCUT2D eigenvalue weighted by atomic mass is 32.2. The molecule has 0 aliphatic rings. The number of benzene rings is 2. The molecule has 0 heterocycles. The summed E-state index contributed by atoms with van der Waals surface area (Å²) in [5.41, 5.74) is 11.6. The van der Waals surface area contributed by atoms with Crippen LogP contribution in [0.1, 0.15) is 22.3 Å². The normalized spacial score (nSPS) is 9.71. The van der Waals surface area contributed by atoms with E-state index in [1.54, 1.807) is 12.1 Å². The highest BCUT2D eigenvalue weighted by Gasteiger charge is 2.04. The molecule has 0 atom stereocenters. The van der Waals surface area contributed by atoms with E-state index >= 15 is 0 Å². The quantitative estimate of drug-likeness (QED) is 0.112. The molecule has 10 nitrogen and oxygen atoms in total. The van der Waals surface area contributed by atoms with E-state index < -0.39 is 11.9 Å². The molecular weight excluding hydrogens is 424 g/mol. The Bertz CT molecular complexity index is 857. The zero-order chi connectivity index (χ0) is 23.1. The van der Waals surface area contributed by atoms with Crippen LogP contribution in [0.25, 0.3) is 0 Å². The number of nitrogens with zero attached hydrogens (tertiary/aromatic N) is 1. The Morgan fingerprint density at radius 1 is 1.10 bits per heavy atom. The third kappa shape index (κ3) is 12.7. The van der Waals surface area contributed by atoms with Gasteiger partial charge >= 0.3 is 11.9 Å². The van der Waals surface area contributed by atoms with E-state index in [0.29, 0.717) is 18.1 Å². The van der Waals surface area contributed by atoms with E-state index in [0.717, 1.165) is 24.1 Å². The molecule has 0 radical (unpaired) electrons. The van der Waals surface area contributed by atoms with Gasteiger partial charge in [0.15, 0.2) is 0 Å². The molecule has 0 spiro atoms. The van der Waals surface area contributed by atoms with Crippen molar-refractivity contribution in [3.05, 3.63) is 59.7 Å². The highest BCUT2D eigenvalue weighted by Crippen LogP contribution is 2.15. The van der Waals surface area contributed by atoms with Crippen LogP contribution in [0, 0.1) is 6.92 Å². The molecule has 11 heteroatoms. The first-order valence-electron chi connectivity index (χ1n) is 9.13. The first kappa shape index (κ1) is 25.6. The maximum absolute atomic E-state index is 10.6. The molecule has 0 saturated carbocycles. The summed E-state index contributed by atoms with van der Waals surface area (Å²) in [6, 6.07) is 14.1. The fraction of sp³-hybridized carbons (Fsp3) is 0.250. The van der Waals surface area contributed by atoms with Crippen LogP contribution in [-0.4, -0.2) is 47.9 Å². The molecule has 7 N–H and O–H groups in total. The minimum absolute atomic E-state index is 0.0700. The van der Waals surface area contributed by atoms with Crippen molar-refractivity contribution in [3.63, 3.8) is 0 Å². The van der Waals surface area contributed by atoms with Crippen molar-refractivity contribution < 1.29 is 29.4 Å². The number of nitrogens with two attached hydrogens (primary N) is 2. The Labute approximate surface area is 184 Å². The van der Waals surface area contributed by atoms with Gasteiger partial charge in [-0.1, -0.05) is 23.8 Å². The number of carboxylic acid groups (broad SMARTS) is 2. The number of guanidine groups is 1. The van der Waals surface area contributed by atoms with E-state index in [9.17, 15) is 9.59 Å². The zero-order valence-corrected chi connectivity index (χ0v) is 17.8. The fourth-order valence-corrected chi connectivity index (χ4v) is 2.64. The topological polar surface area (TPSA) is 169 Å².